The summed E-state index contributed by atoms with van der Waals surface area (Å²) < 4.78 is 5.09. The maximum absolute atomic E-state index is 11.3. The van der Waals surface area contributed by atoms with Gasteiger partial charge in [0.05, 0.1) is 5.57 Å². The zero-order valence-electron chi connectivity index (χ0n) is 9.81. The molecule has 0 spiro atoms. The average Bonchev–Trinajstić information content (AvgIpc) is 2.39. The monoisotopic (exact) mass is 255 g/mol. The van der Waals surface area contributed by atoms with Gasteiger partial charge < -0.3 is 9.53 Å². The van der Waals surface area contributed by atoms with Crippen LogP contribution in [0.4, 0.5) is 0 Å². The highest BCUT2D eigenvalue weighted by Gasteiger charge is 2.17. The maximum Gasteiger partial charge on any atom is 0.341 e. The fourth-order valence-electron chi connectivity index (χ4n) is 1.99. The summed E-state index contributed by atoms with van der Waals surface area (Å²) >= 11 is 0. The van der Waals surface area contributed by atoms with Crippen molar-refractivity contribution in [3.63, 3.8) is 0 Å². The van der Waals surface area contributed by atoms with E-state index in [4.69, 9.17) is 4.43 Å². The molecule has 18 heavy (non-hydrogen) atoms. The number of rotatable bonds is 3. The number of carboxylic acids is 1. The molecule has 0 saturated carbocycles. The molecule has 0 bridgehead atoms. The number of carboxylic acid groups (broad SMARTS) is 1. The molecular formula is C14H11O3Si. The van der Waals surface area contributed by atoms with E-state index in [1.165, 1.54) is 0 Å². The first-order valence-corrected chi connectivity index (χ1v) is 5.85. The number of benzene rings is 2. The van der Waals surface area contributed by atoms with Gasteiger partial charge in [0.1, 0.15) is 5.75 Å². The Balaban J connectivity index is 2.84. The molecule has 0 aromatic heterocycles. The highest BCUT2D eigenvalue weighted by molar-refractivity contribution is 6.20. The van der Waals surface area contributed by atoms with E-state index in [1.54, 1.807) is 19.1 Å². The molecule has 2 aromatic carbocycles. The summed E-state index contributed by atoms with van der Waals surface area (Å²) in [5, 5.41) is 11.1. The van der Waals surface area contributed by atoms with Gasteiger partial charge in [-0.2, -0.15) is 0 Å². The van der Waals surface area contributed by atoms with Crippen molar-refractivity contribution < 1.29 is 14.3 Å². The Morgan fingerprint density at radius 2 is 2.00 bits per heavy atom. The van der Waals surface area contributed by atoms with E-state index in [9.17, 15) is 9.90 Å². The summed E-state index contributed by atoms with van der Waals surface area (Å²) in [5.41, 5.74) is 0.804. The topological polar surface area (TPSA) is 46.5 Å². The van der Waals surface area contributed by atoms with E-state index < -0.39 is 5.97 Å². The van der Waals surface area contributed by atoms with E-state index in [0.717, 1.165) is 10.8 Å². The van der Waals surface area contributed by atoms with Gasteiger partial charge in [0, 0.05) is 5.56 Å². The van der Waals surface area contributed by atoms with Crippen molar-refractivity contribution in [3.8, 4) is 5.75 Å². The van der Waals surface area contributed by atoms with Gasteiger partial charge in [-0.05, 0) is 23.8 Å². The molecule has 1 N–H and O–H groups in total. The van der Waals surface area contributed by atoms with Crippen LogP contribution in [0.2, 0.25) is 0 Å². The predicted molar refractivity (Wildman–Crippen MR) is 71.6 cm³/mol. The molecule has 0 atom stereocenters. The third kappa shape index (κ3) is 2.02. The molecule has 0 fully saturated rings. The number of allylic oxidation sites excluding steroid dienone is 1. The van der Waals surface area contributed by atoms with E-state index in [1.807, 2.05) is 30.3 Å². The number of carbonyl (C=O) groups is 1. The van der Waals surface area contributed by atoms with Crippen LogP contribution in [0.1, 0.15) is 12.5 Å². The van der Waals surface area contributed by atoms with Crippen molar-refractivity contribution in [2.45, 2.75) is 6.92 Å². The molecule has 0 heterocycles. The van der Waals surface area contributed by atoms with E-state index in [2.05, 4.69) is 10.5 Å². The molecule has 3 radical (unpaired) electrons. The van der Waals surface area contributed by atoms with Crippen LogP contribution in [-0.2, 0) is 4.79 Å². The molecular weight excluding hydrogens is 244 g/mol. The van der Waals surface area contributed by atoms with Gasteiger partial charge in [0.15, 0.2) is 0 Å². The van der Waals surface area contributed by atoms with Gasteiger partial charge >= 0.3 is 16.5 Å². The van der Waals surface area contributed by atoms with Crippen LogP contribution in [0.5, 0.6) is 5.75 Å². The van der Waals surface area contributed by atoms with Gasteiger partial charge in [-0.15, -0.1) is 0 Å². The first kappa shape index (κ1) is 12.4. The van der Waals surface area contributed by atoms with Crippen molar-refractivity contribution >= 4 is 32.8 Å². The minimum atomic E-state index is -0.973. The molecule has 3 nitrogen and oxygen atoms in total. The molecule has 0 aliphatic heterocycles. The van der Waals surface area contributed by atoms with Crippen molar-refractivity contribution in [3.05, 3.63) is 48.0 Å². The molecule has 2 rings (SSSR count). The first-order valence-electron chi connectivity index (χ1n) is 5.44. The van der Waals surface area contributed by atoms with Crippen LogP contribution in [0, 0.1) is 0 Å². The lowest BCUT2D eigenvalue weighted by Crippen LogP contribution is -2.03. The highest BCUT2D eigenvalue weighted by Crippen LogP contribution is 2.33. The zero-order chi connectivity index (χ0) is 13.1. The lowest BCUT2D eigenvalue weighted by atomic mass is 9.97. The Bertz CT molecular complexity index is 632. The maximum atomic E-state index is 11.3. The normalized spacial score (nSPS) is 11.6. The Kier molecular flexibility index (Phi) is 3.48. The number of hydrogen-bond acceptors (Lipinski definition) is 2. The predicted octanol–water partition coefficient (Wildman–Crippen LogP) is 2.79. The standard InChI is InChI=1S/C14H11O3Si/c1-2-10(14(15)16)13-11-6-4-3-5-9(11)7-8-12(13)17-18/h2-8H,1H3,(H,15,16). The molecule has 0 amide bonds. The summed E-state index contributed by atoms with van der Waals surface area (Å²) in [6.45, 7) is 1.70. The van der Waals surface area contributed by atoms with E-state index in [0.29, 0.717) is 11.3 Å². The van der Waals surface area contributed by atoms with Gasteiger partial charge in [-0.3, -0.25) is 0 Å². The second-order valence-electron chi connectivity index (χ2n) is 3.77. The second-order valence-corrected chi connectivity index (χ2v) is 3.97. The molecule has 89 valence electrons. The minimum Gasteiger partial charge on any atom is -0.540 e. The Morgan fingerprint density at radius 3 is 2.61 bits per heavy atom. The summed E-state index contributed by atoms with van der Waals surface area (Å²) in [6, 6.07) is 11.2. The average molecular weight is 255 g/mol. The molecule has 0 saturated heterocycles. The van der Waals surface area contributed by atoms with Crippen LogP contribution in [-0.4, -0.2) is 21.6 Å². The Hall–Kier alpha value is -2.07. The largest absolute Gasteiger partial charge is 0.540 e. The molecule has 0 aliphatic carbocycles. The van der Waals surface area contributed by atoms with Gasteiger partial charge in [0.25, 0.3) is 0 Å². The van der Waals surface area contributed by atoms with Crippen molar-refractivity contribution in [1.82, 2.24) is 0 Å². The minimum absolute atomic E-state index is 0.222. The summed E-state index contributed by atoms with van der Waals surface area (Å²) in [6.07, 6.45) is 1.57. The number of hydrogen-bond donors (Lipinski definition) is 1. The lowest BCUT2D eigenvalue weighted by Gasteiger charge is -2.12. The summed E-state index contributed by atoms with van der Waals surface area (Å²) in [4.78, 5) is 11.3. The van der Waals surface area contributed by atoms with Crippen molar-refractivity contribution in [2.75, 3.05) is 0 Å². The number of aliphatic carboxylic acids is 1. The van der Waals surface area contributed by atoms with Gasteiger partial charge in [-0.1, -0.05) is 36.4 Å². The number of fused-ring (bicyclic) bond motifs is 1. The fraction of sp³-hybridized carbons (Fsp3) is 0.0714. The van der Waals surface area contributed by atoms with E-state index in [-0.39, 0.29) is 5.57 Å². The molecule has 0 aliphatic rings. The molecule has 2 aromatic rings. The van der Waals surface area contributed by atoms with Gasteiger partial charge in [-0.25, -0.2) is 4.79 Å². The summed E-state index contributed by atoms with van der Waals surface area (Å²) in [7, 11) is 2.97. The highest BCUT2D eigenvalue weighted by atomic mass is 28.2. The SMILES string of the molecule is CC=C(C(=O)O)c1c(O[Si])ccc2ccccc12. The first-order chi connectivity index (χ1) is 8.69. The quantitative estimate of drug-likeness (QED) is 0.677. The van der Waals surface area contributed by atoms with Crippen molar-refractivity contribution in [1.29, 1.82) is 0 Å². The van der Waals surface area contributed by atoms with Gasteiger partial charge in [0.2, 0.25) is 0 Å². The van der Waals surface area contributed by atoms with Crippen LogP contribution in [0.3, 0.4) is 0 Å². The van der Waals surface area contributed by atoms with Crippen LogP contribution < -0.4 is 4.43 Å². The third-order valence-corrected chi connectivity index (χ3v) is 3.01. The van der Waals surface area contributed by atoms with Crippen LogP contribution in [0.15, 0.2) is 42.5 Å². The third-order valence-electron chi connectivity index (χ3n) is 2.79. The zero-order valence-corrected chi connectivity index (χ0v) is 10.8. The lowest BCUT2D eigenvalue weighted by molar-refractivity contribution is -0.130. The van der Waals surface area contributed by atoms with Crippen LogP contribution in [0.25, 0.3) is 16.3 Å². The molecule has 4 heteroatoms. The fourth-order valence-corrected chi connectivity index (χ4v) is 2.16. The molecule has 0 unspecified atom stereocenters. The smallest absolute Gasteiger partial charge is 0.341 e. The second kappa shape index (κ2) is 5.06. The van der Waals surface area contributed by atoms with E-state index >= 15 is 0 Å². The Morgan fingerprint density at radius 1 is 1.28 bits per heavy atom. The van der Waals surface area contributed by atoms with Crippen LogP contribution >= 0.6 is 0 Å². The van der Waals surface area contributed by atoms with Crippen molar-refractivity contribution in [2.24, 2.45) is 0 Å². The Labute approximate surface area is 108 Å². The summed E-state index contributed by atoms with van der Waals surface area (Å²) in [5.74, 6) is -0.486.